The molecule has 19 heavy (non-hydrogen) atoms. The van der Waals surface area contributed by atoms with Crippen LogP contribution in [0, 0.1) is 16.7 Å². The first-order valence-corrected chi connectivity index (χ1v) is 6.59. The standard InChI is InChI=1S/C14H15ClN2O2/c1-2-14(13(18)19)6-7-17(9-14)12-5-3-4-11(15)10(12)8-16/h3-5H,2,6-7,9H2,1H3,(H,18,19). The second-order valence-corrected chi connectivity index (χ2v) is 5.26. The lowest BCUT2D eigenvalue weighted by Gasteiger charge is -2.25. The Morgan fingerprint density at radius 1 is 1.63 bits per heavy atom. The minimum absolute atomic E-state index is 0.407. The summed E-state index contributed by atoms with van der Waals surface area (Å²) in [7, 11) is 0. The summed E-state index contributed by atoms with van der Waals surface area (Å²) in [5, 5.41) is 19.0. The summed E-state index contributed by atoms with van der Waals surface area (Å²) in [4.78, 5) is 13.4. The zero-order valence-corrected chi connectivity index (χ0v) is 11.4. The van der Waals surface area contributed by atoms with Crippen LogP contribution in [0.25, 0.3) is 0 Å². The Kier molecular flexibility index (Phi) is 3.68. The van der Waals surface area contributed by atoms with Crippen molar-refractivity contribution in [3.05, 3.63) is 28.8 Å². The number of hydrogen-bond donors (Lipinski definition) is 1. The van der Waals surface area contributed by atoms with E-state index in [0.29, 0.717) is 36.5 Å². The molecule has 100 valence electrons. The normalized spacial score (nSPS) is 22.3. The molecular formula is C14H15ClN2O2. The van der Waals surface area contributed by atoms with Gasteiger partial charge < -0.3 is 10.0 Å². The first kappa shape index (κ1) is 13.7. The van der Waals surface area contributed by atoms with Gasteiger partial charge in [-0.2, -0.15) is 5.26 Å². The number of aliphatic carboxylic acids is 1. The largest absolute Gasteiger partial charge is 0.481 e. The summed E-state index contributed by atoms with van der Waals surface area (Å²) in [5.41, 5.74) is 0.433. The Morgan fingerprint density at radius 3 is 2.89 bits per heavy atom. The van der Waals surface area contributed by atoms with Crippen LogP contribution >= 0.6 is 11.6 Å². The van der Waals surface area contributed by atoms with Gasteiger partial charge in [0, 0.05) is 13.1 Å². The second kappa shape index (κ2) is 5.10. The molecular weight excluding hydrogens is 264 g/mol. The van der Waals surface area contributed by atoms with Crippen molar-refractivity contribution in [2.24, 2.45) is 5.41 Å². The molecule has 1 fully saturated rings. The van der Waals surface area contributed by atoms with E-state index in [-0.39, 0.29) is 0 Å². The molecule has 1 aliphatic heterocycles. The van der Waals surface area contributed by atoms with Gasteiger partial charge in [0.25, 0.3) is 0 Å². The molecule has 1 saturated heterocycles. The molecule has 0 amide bonds. The number of carbonyl (C=O) groups is 1. The predicted molar refractivity (Wildman–Crippen MR) is 73.4 cm³/mol. The summed E-state index contributed by atoms with van der Waals surface area (Å²) in [6, 6.07) is 7.37. The molecule has 5 heteroatoms. The summed E-state index contributed by atoms with van der Waals surface area (Å²) in [6.45, 7) is 2.95. The van der Waals surface area contributed by atoms with Crippen molar-refractivity contribution in [1.82, 2.24) is 0 Å². The molecule has 0 saturated carbocycles. The Balaban J connectivity index is 2.34. The number of anilines is 1. The average molecular weight is 279 g/mol. The highest BCUT2D eigenvalue weighted by Crippen LogP contribution is 2.38. The lowest BCUT2D eigenvalue weighted by Crippen LogP contribution is -2.34. The van der Waals surface area contributed by atoms with Crippen LogP contribution in [0.3, 0.4) is 0 Å². The maximum absolute atomic E-state index is 11.4. The van der Waals surface area contributed by atoms with Crippen LogP contribution in [0.2, 0.25) is 5.02 Å². The number of halogens is 1. The van der Waals surface area contributed by atoms with Gasteiger partial charge in [-0.25, -0.2) is 0 Å². The van der Waals surface area contributed by atoms with E-state index in [1.54, 1.807) is 12.1 Å². The van der Waals surface area contributed by atoms with E-state index in [1.807, 2.05) is 17.9 Å². The van der Waals surface area contributed by atoms with E-state index < -0.39 is 11.4 Å². The first-order chi connectivity index (χ1) is 9.04. The van der Waals surface area contributed by atoms with E-state index in [2.05, 4.69) is 6.07 Å². The Labute approximate surface area is 117 Å². The summed E-state index contributed by atoms with van der Waals surface area (Å²) in [5.74, 6) is -0.766. The average Bonchev–Trinajstić information content (AvgIpc) is 2.84. The first-order valence-electron chi connectivity index (χ1n) is 6.21. The van der Waals surface area contributed by atoms with Gasteiger partial charge in [0.15, 0.2) is 0 Å². The molecule has 1 atom stereocenters. The van der Waals surface area contributed by atoms with Crippen molar-refractivity contribution in [3.63, 3.8) is 0 Å². The van der Waals surface area contributed by atoms with Gasteiger partial charge in [0.05, 0.1) is 21.7 Å². The van der Waals surface area contributed by atoms with E-state index >= 15 is 0 Å². The maximum Gasteiger partial charge on any atom is 0.311 e. The zero-order valence-electron chi connectivity index (χ0n) is 10.7. The van der Waals surface area contributed by atoms with Gasteiger partial charge in [-0.1, -0.05) is 24.6 Å². The number of rotatable bonds is 3. The fourth-order valence-corrected chi connectivity index (χ4v) is 2.79. The third-order valence-electron chi connectivity index (χ3n) is 3.93. The van der Waals surface area contributed by atoms with Crippen molar-refractivity contribution in [1.29, 1.82) is 5.26 Å². The van der Waals surface area contributed by atoms with Gasteiger partial charge in [-0.05, 0) is 25.0 Å². The highest BCUT2D eigenvalue weighted by atomic mass is 35.5. The van der Waals surface area contributed by atoms with Crippen LogP contribution in [0.1, 0.15) is 25.3 Å². The molecule has 1 aromatic rings. The fourth-order valence-electron chi connectivity index (χ4n) is 2.58. The summed E-state index contributed by atoms with van der Waals surface area (Å²) < 4.78 is 0. The monoisotopic (exact) mass is 278 g/mol. The molecule has 1 aliphatic rings. The van der Waals surface area contributed by atoms with E-state index in [1.165, 1.54) is 0 Å². The van der Waals surface area contributed by atoms with Crippen LogP contribution < -0.4 is 4.90 Å². The predicted octanol–water partition coefficient (Wildman–Crippen LogP) is 2.90. The van der Waals surface area contributed by atoms with Crippen LogP contribution in [-0.4, -0.2) is 24.2 Å². The van der Waals surface area contributed by atoms with Crippen LogP contribution in [-0.2, 0) is 4.79 Å². The Hall–Kier alpha value is -1.73. The minimum atomic E-state index is -0.766. The highest BCUT2D eigenvalue weighted by molar-refractivity contribution is 6.32. The number of nitrogens with zero attached hydrogens (tertiary/aromatic N) is 2. The van der Waals surface area contributed by atoms with Crippen LogP contribution in [0.5, 0.6) is 0 Å². The van der Waals surface area contributed by atoms with Crippen molar-refractivity contribution < 1.29 is 9.90 Å². The number of nitriles is 1. The van der Waals surface area contributed by atoms with Crippen molar-refractivity contribution in [2.45, 2.75) is 19.8 Å². The van der Waals surface area contributed by atoms with E-state index in [4.69, 9.17) is 11.6 Å². The van der Waals surface area contributed by atoms with Gasteiger partial charge in [-0.15, -0.1) is 0 Å². The molecule has 1 heterocycles. The second-order valence-electron chi connectivity index (χ2n) is 4.86. The van der Waals surface area contributed by atoms with Gasteiger partial charge in [0.2, 0.25) is 0 Å². The number of hydrogen-bond acceptors (Lipinski definition) is 3. The highest BCUT2D eigenvalue weighted by Gasteiger charge is 2.43. The molecule has 0 spiro atoms. The molecule has 0 aromatic heterocycles. The van der Waals surface area contributed by atoms with Crippen molar-refractivity contribution >= 4 is 23.3 Å². The molecule has 4 nitrogen and oxygen atoms in total. The summed E-state index contributed by atoms with van der Waals surface area (Å²) >= 11 is 6.01. The topological polar surface area (TPSA) is 64.3 Å². The molecule has 0 radical (unpaired) electrons. The number of benzene rings is 1. The molecule has 1 N–H and O–H groups in total. The van der Waals surface area contributed by atoms with Crippen LogP contribution in [0.15, 0.2) is 18.2 Å². The van der Waals surface area contributed by atoms with Gasteiger partial charge in [0.1, 0.15) is 6.07 Å². The quantitative estimate of drug-likeness (QED) is 0.923. The smallest absolute Gasteiger partial charge is 0.311 e. The lowest BCUT2D eigenvalue weighted by molar-refractivity contribution is -0.147. The molecule has 0 bridgehead atoms. The Morgan fingerprint density at radius 2 is 2.37 bits per heavy atom. The minimum Gasteiger partial charge on any atom is -0.481 e. The summed E-state index contributed by atoms with van der Waals surface area (Å²) in [6.07, 6.45) is 1.18. The fraction of sp³-hybridized carbons (Fsp3) is 0.429. The van der Waals surface area contributed by atoms with E-state index in [9.17, 15) is 15.2 Å². The number of carboxylic acid groups (broad SMARTS) is 1. The third kappa shape index (κ3) is 2.26. The Bertz CT molecular complexity index is 553. The lowest BCUT2D eigenvalue weighted by atomic mass is 9.84. The SMILES string of the molecule is CCC1(C(=O)O)CCN(c2cccc(Cl)c2C#N)C1. The van der Waals surface area contributed by atoms with Crippen LogP contribution in [0.4, 0.5) is 5.69 Å². The van der Waals surface area contributed by atoms with Gasteiger partial charge in [-0.3, -0.25) is 4.79 Å². The van der Waals surface area contributed by atoms with Crippen molar-refractivity contribution in [3.8, 4) is 6.07 Å². The van der Waals surface area contributed by atoms with Gasteiger partial charge >= 0.3 is 5.97 Å². The third-order valence-corrected chi connectivity index (χ3v) is 4.24. The molecule has 2 rings (SSSR count). The van der Waals surface area contributed by atoms with E-state index in [0.717, 1.165) is 5.69 Å². The zero-order chi connectivity index (χ0) is 14.0. The van der Waals surface area contributed by atoms with Crippen molar-refractivity contribution in [2.75, 3.05) is 18.0 Å². The molecule has 1 unspecified atom stereocenters. The molecule has 1 aromatic carbocycles. The molecule has 0 aliphatic carbocycles. The maximum atomic E-state index is 11.4. The number of carboxylic acids is 1.